The fourth-order valence-corrected chi connectivity index (χ4v) is 2.20. The van der Waals surface area contributed by atoms with Gasteiger partial charge in [-0.1, -0.05) is 24.3 Å². The van der Waals surface area contributed by atoms with E-state index in [0.717, 1.165) is 20.9 Å². The van der Waals surface area contributed by atoms with Gasteiger partial charge in [-0.15, -0.1) is 0 Å². The summed E-state index contributed by atoms with van der Waals surface area (Å²) < 4.78 is 0.907. The minimum atomic E-state index is -0.269. The van der Waals surface area contributed by atoms with E-state index < -0.39 is 0 Å². The maximum absolute atomic E-state index is 12.2. The van der Waals surface area contributed by atoms with Crippen molar-refractivity contribution in [1.29, 1.82) is 0 Å². The molecule has 0 saturated carbocycles. The average molecular weight is 342 g/mol. The van der Waals surface area contributed by atoms with Crippen molar-refractivity contribution in [3.05, 3.63) is 64.4 Å². The third kappa shape index (κ3) is 2.92. The van der Waals surface area contributed by atoms with Gasteiger partial charge in [0, 0.05) is 16.1 Å². The van der Waals surface area contributed by atoms with Crippen LogP contribution in [0.5, 0.6) is 0 Å². The van der Waals surface area contributed by atoms with Gasteiger partial charge in [0.1, 0.15) is 11.5 Å². The number of amides is 1. The predicted octanol–water partition coefficient (Wildman–Crippen LogP) is 3.95. The number of aryl methyl sites for hydroxylation is 1. The molecule has 0 saturated heterocycles. The molecule has 21 heavy (non-hydrogen) atoms. The van der Waals surface area contributed by atoms with Crippen LogP contribution in [0.15, 0.2) is 53.1 Å². The normalized spacial score (nSPS) is 10.6. The molecule has 2 heterocycles. The first kappa shape index (κ1) is 13.7. The van der Waals surface area contributed by atoms with Gasteiger partial charge in [-0.25, -0.2) is 9.97 Å². The highest BCUT2D eigenvalue weighted by atomic mass is 79.9. The Morgan fingerprint density at radius 1 is 1.19 bits per heavy atom. The molecule has 0 bridgehead atoms. The van der Waals surface area contributed by atoms with Gasteiger partial charge in [0.25, 0.3) is 5.91 Å². The van der Waals surface area contributed by atoms with Gasteiger partial charge in [-0.3, -0.25) is 4.79 Å². The zero-order valence-electron chi connectivity index (χ0n) is 11.3. The van der Waals surface area contributed by atoms with E-state index in [4.69, 9.17) is 0 Å². The van der Waals surface area contributed by atoms with Crippen LogP contribution in [0.25, 0.3) is 10.9 Å². The lowest BCUT2D eigenvalue weighted by Crippen LogP contribution is -2.14. The lowest BCUT2D eigenvalue weighted by atomic mass is 10.2. The van der Waals surface area contributed by atoms with Crippen LogP contribution in [0, 0.1) is 6.92 Å². The zero-order valence-corrected chi connectivity index (χ0v) is 12.9. The Labute approximate surface area is 130 Å². The van der Waals surface area contributed by atoms with E-state index in [2.05, 4.69) is 31.2 Å². The highest BCUT2D eigenvalue weighted by Crippen LogP contribution is 2.18. The Hall–Kier alpha value is -2.27. The molecular formula is C16H12BrN3O. The number of benzene rings is 1. The summed E-state index contributed by atoms with van der Waals surface area (Å²) in [6, 6.07) is 13.1. The Morgan fingerprint density at radius 2 is 2.00 bits per heavy atom. The number of halogens is 1. The van der Waals surface area contributed by atoms with Gasteiger partial charge in [0.2, 0.25) is 0 Å². The number of hydrogen-bond donors (Lipinski definition) is 1. The predicted molar refractivity (Wildman–Crippen MR) is 86.4 cm³/mol. The second-order valence-corrected chi connectivity index (χ2v) is 5.52. The maximum atomic E-state index is 12.2. The molecule has 0 aliphatic rings. The molecule has 0 radical (unpaired) electrons. The molecule has 0 aliphatic heterocycles. The van der Waals surface area contributed by atoms with Gasteiger partial charge in [0.15, 0.2) is 0 Å². The van der Waals surface area contributed by atoms with Crippen molar-refractivity contribution in [1.82, 2.24) is 9.97 Å². The van der Waals surface area contributed by atoms with Crippen LogP contribution >= 0.6 is 15.9 Å². The number of carbonyl (C=O) groups is 1. The van der Waals surface area contributed by atoms with Crippen molar-refractivity contribution in [3.8, 4) is 0 Å². The molecular weight excluding hydrogens is 330 g/mol. The van der Waals surface area contributed by atoms with Crippen LogP contribution in [0.1, 0.15) is 16.1 Å². The van der Waals surface area contributed by atoms with Crippen LogP contribution in [-0.2, 0) is 0 Å². The van der Waals surface area contributed by atoms with E-state index in [9.17, 15) is 4.79 Å². The third-order valence-electron chi connectivity index (χ3n) is 3.12. The first-order valence-corrected chi connectivity index (χ1v) is 7.22. The molecule has 0 aliphatic carbocycles. The summed E-state index contributed by atoms with van der Waals surface area (Å²) >= 11 is 3.38. The standard InChI is InChI=1S/C16H12BrN3O/c1-10-8-15(18-9-12(10)17)20-16(21)14-7-6-11-4-2-3-5-13(11)19-14/h2-9H,1H3,(H,18,20,21). The summed E-state index contributed by atoms with van der Waals surface area (Å²) in [5.41, 5.74) is 2.17. The number of hydrogen-bond acceptors (Lipinski definition) is 3. The monoisotopic (exact) mass is 341 g/mol. The van der Waals surface area contributed by atoms with E-state index in [1.807, 2.05) is 43.3 Å². The third-order valence-corrected chi connectivity index (χ3v) is 3.95. The minimum Gasteiger partial charge on any atom is -0.305 e. The molecule has 5 heteroatoms. The number of nitrogens with zero attached hydrogens (tertiary/aromatic N) is 2. The summed E-state index contributed by atoms with van der Waals surface area (Å²) in [5.74, 6) is 0.241. The summed E-state index contributed by atoms with van der Waals surface area (Å²) in [6.07, 6.45) is 1.67. The maximum Gasteiger partial charge on any atom is 0.275 e. The van der Waals surface area contributed by atoms with Crippen LogP contribution in [0.4, 0.5) is 5.82 Å². The van der Waals surface area contributed by atoms with Crippen LogP contribution < -0.4 is 5.32 Å². The van der Waals surface area contributed by atoms with E-state index in [0.29, 0.717) is 11.5 Å². The second-order valence-electron chi connectivity index (χ2n) is 4.66. The Bertz CT molecular complexity index is 833. The van der Waals surface area contributed by atoms with Crippen molar-refractivity contribution in [2.45, 2.75) is 6.92 Å². The molecule has 0 spiro atoms. The van der Waals surface area contributed by atoms with Crippen molar-refractivity contribution >= 4 is 38.6 Å². The van der Waals surface area contributed by atoms with E-state index in [1.54, 1.807) is 12.3 Å². The first-order chi connectivity index (χ1) is 10.1. The topological polar surface area (TPSA) is 54.9 Å². The molecule has 0 fully saturated rings. The van der Waals surface area contributed by atoms with Crippen LogP contribution in [0.2, 0.25) is 0 Å². The summed E-state index contributed by atoms with van der Waals surface area (Å²) in [5, 5.41) is 3.76. The molecule has 3 aromatic rings. The lowest BCUT2D eigenvalue weighted by molar-refractivity contribution is 0.102. The highest BCUT2D eigenvalue weighted by Gasteiger charge is 2.09. The Balaban J connectivity index is 1.87. The quantitative estimate of drug-likeness (QED) is 0.767. The minimum absolute atomic E-state index is 0.269. The molecule has 0 unspecified atom stereocenters. The molecule has 1 amide bonds. The molecule has 0 atom stereocenters. The number of pyridine rings is 2. The van der Waals surface area contributed by atoms with Crippen molar-refractivity contribution < 1.29 is 4.79 Å². The fourth-order valence-electron chi connectivity index (χ4n) is 1.98. The SMILES string of the molecule is Cc1cc(NC(=O)c2ccc3ccccc3n2)ncc1Br. The second kappa shape index (κ2) is 5.61. The number of anilines is 1. The largest absolute Gasteiger partial charge is 0.305 e. The van der Waals surface area contributed by atoms with E-state index >= 15 is 0 Å². The number of rotatable bonds is 2. The molecule has 1 aromatic carbocycles. The summed E-state index contributed by atoms with van der Waals surface area (Å²) in [4.78, 5) is 20.8. The molecule has 1 N–H and O–H groups in total. The van der Waals surface area contributed by atoms with Crippen molar-refractivity contribution in [3.63, 3.8) is 0 Å². The first-order valence-electron chi connectivity index (χ1n) is 6.43. The number of aromatic nitrogens is 2. The highest BCUT2D eigenvalue weighted by molar-refractivity contribution is 9.10. The molecule has 3 rings (SSSR count). The Morgan fingerprint density at radius 3 is 2.81 bits per heavy atom. The molecule has 2 aromatic heterocycles. The molecule has 4 nitrogen and oxygen atoms in total. The van der Waals surface area contributed by atoms with Crippen LogP contribution in [0.3, 0.4) is 0 Å². The summed E-state index contributed by atoms with van der Waals surface area (Å²) in [6.45, 7) is 1.94. The Kier molecular flexibility index (Phi) is 3.66. The van der Waals surface area contributed by atoms with Gasteiger partial charge < -0.3 is 5.32 Å². The zero-order chi connectivity index (χ0) is 14.8. The summed E-state index contributed by atoms with van der Waals surface area (Å²) in [7, 11) is 0. The van der Waals surface area contributed by atoms with Crippen molar-refractivity contribution in [2.75, 3.05) is 5.32 Å². The number of nitrogens with one attached hydrogen (secondary N) is 1. The lowest BCUT2D eigenvalue weighted by Gasteiger charge is -2.06. The van der Waals surface area contributed by atoms with Gasteiger partial charge in [-0.05, 0) is 46.6 Å². The average Bonchev–Trinajstić information content (AvgIpc) is 2.50. The fraction of sp³-hybridized carbons (Fsp3) is 0.0625. The van der Waals surface area contributed by atoms with Gasteiger partial charge in [-0.2, -0.15) is 0 Å². The number of fused-ring (bicyclic) bond motifs is 1. The van der Waals surface area contributed by atoms with Gasteiger partial charge >= 0.3 is 0 Å². The van der Waals surface area contributed by atoms with Crippen LogP contribution in [-0.4, -0.2) is 15.9 Å². The number of carbonyl (C=O) groups excluding carboxylic acids is 1. The number of para-hydroxylation sites is 1. The smallest absolute Gasteiger partial charge is 0.275 e. The van der Waals surface area contributed by atoms with Gasteiger partial charge in [0.05, 0.1) is 5.52 Å². The van der Waals surface area contributed by atoms with E-state index in [1.165, 1.54) is 0 Å². The van der Waals surface area contributed by atoms with E-state index in [-0.39, 0.29) is 5.91 Å². The molecule has 104 valence electrons. The van der Waals surface area contributed by atoms with Crippen molar-refractivity contribution in [2.24, 2.45) is 0 Å².